The molecule has 2 heteroatoms. The van der Waals surface area contributed by atoms with Gasteiger partial charge in [0.2, 0.25) is 0 Å². The lowest BCUT2D eigenvalue weighted by Crippen LogP contribution is -1.98. The maximum absolute atomic E-state index is 8.66. The van der Waals surface area contributed by atoms with Gasteiger partial charge in [-0.3, -0.25) is 4.98 Å². The summed E-state index contributed by atoms with van der Waals surface area (Å²) in [6.07, 6.45) is 5.55. The van der Waals surface area contributed by atoms with E-state index >= 15 is 0 Å². The van der Waals surface area contributed by atoms with Crippen LogP contribution in [0.5, 0.6) is 0 Å². The fourth-order valence-corrected chi connectivity index (χ4v) is 4.05. The number of benzene rings is 4. The normalized spacial score (nSPS) is 11.2. The Kier molecular flexibility index (Phi) is 5.19. The van der Waals surface area contributed by atoms with E-state index in [1.54, 1.807) is 6.20 Å². The van der Waals surface area contributed by atoms with Crippen molar-refractivity contribution < 1.29 is 0 Å². The summed E-state index contributed by atoms with van der Waals surface area (Å²) in [6, 6.07) is 33.0. The van der Waals surface area contributed by atoms with Crippen LogP contribution in [0.4, 0.5) is 0 Å². The van der Waals surface area contributed by atoms with Crippen molar-refractivity contribution in [1.82, 2.24) is 4.98 Å². The van der Waals surface area contributed by atoms with Crippen LogP contribution in [0.2, 0.25) is 0 Å². The number of hydrogen-bond acceptors (Lipinski definition) is 2. The maximum Gasteiger partial charge on any atom is 0.0707 e. The molecule has 0 spiro atoms. The van der Waals surface area contributed by atoms with Crippen molar-refractivity contribution in [3.05, 3.63) is 127 Å². The highest BCUT2D eigenvalue weighted by molar-refractivity contribution is 6.29. The quantitative estimate of drug-likeness (QED) is 0.295. The van der Waals surface area contributed by atoms with Gasteiger partial charge >= 0.3 is 0 Å². The Morgan fingerprint density at radius 1 is 0.750 bits per heavy atom. The first-order valence-electron chi connectivity index (χ1n) is 10.6. The van der Waals surface area contributed by atoms with Gasteiger partial charge in [0.05, 0.1) is 11.2 Å². The molecule has 0 aliphatic carbocycles. The molecule has 0 bridgehead atoms. The molecule has 0 amide bonds. The van der Waals surface area contributed by atoms with Crippen LogP contribution in [0.1, 0.15) is 11.1 Å². The van der Waals surface area contributed by atoms with Crippen LogP contribution < -0.4 is 0 Å². The molecule has 5 rings (SSSR count). The number of hydrogen-bond donors (Lipinski definition) is 1. The molecule has 0 aliphatic rings. The van der Waals surface area contributed by atoms with Crippen molar-refractivity contribution in [2.45, 2.75) is 0 Å². The first-order valence-corrected chi connectivity index (χ1v) is 10.6. The van der Waals surface area contributed by atoms with Gasteiger partial charge in [0.1, 0.15) is 0 Å². The highest BCUT2D eigenvalue weighted by Crippen LogP contribution is 2.34. The predicted molar refractivity (Wildman–Crippen MR) is 137 cm³/mol. The zero-order chi connectivity index (χ0) is 21.9. The third-order valence-electron chi connectivity index (χ3n) is 5.73. The van der Waals surface area contributed by atoms with Crippen molar-refractivity contribution in [3.8, 4) is 11.1 Å². The van der Waals surface area contributed by atoms with E-state index in [-0.39, 0.29) is 0 Å². The second-order valence-corrected chi connectivity index (χ2v) is 7.75. The Labute approximate surface area is 187 Å². The molecule has 4 aromatic carbocycles. The lowest BCUT2D eigenvalue weighted by molar-refractivity contribution is 1.41. The first kappa shape index (κ1) is 19.7. The number of allylic oxidation sites excluding steroid dienone is 2. The fraction of sp³-hybridized carbons (Fsp3) is 0. The third kappa shape index (κ3) is 3.75. The van der Waals surface area contributed by atoms with Crippen LogP contribution in [0.15, 0.2) is 116 Å². The van der Waals surface area contributed by atoms with Gasteiger partial charge in [-0.1, -0.05) is 97.6 Å². The zero-order valence-corrected chi connectivity index (χ0v) is 17.6. The molecule has 0 aliphatic heterocycles. The molecule has 1 aromatic heterocycles. The van der Waals surface area contributed by atoms with E-state index in [4.69, 9.17) is 5.41 Å². The second-order valence-electron chi connectivity index (χ2n) is 7.75. The molecule has 152 valence electrons. The highest BCUT2D eigenvalue weighted by Gasteiger charge is 2.12. The molecule has 2 nitrogen and oxygen atoms in total. The lowest BCUT2D eigenvalue weighted by Gasteiger charge is -2.14. The minimum absolute atomic E-state index is 0.388. The van der Waals surface area contributed by atoms with Gasteiger partial charge in [-0.15, -0.1) is 0 Å². The van der Waals surface area contributed by atoms with Crippen LogP contribution in [0.25, 0.3) is 44.5 Å². The van der Waals surface area contributed by atoms with Gasteiger partial charge in [0.25, 0.3) is 0 Å². The van der Waals surface area contributed by atoms with E-state index in [0.29, 0.717) is 11.3 Å². The van der Waals surface area contributed by atoms with Gasteiger partial charge in [0.15, 0.2) is 0 Å². The Morgan fingerprint density at radius 2 is 1.50 bits per heavy atom. The minimum atomic E-state index is 0.388. The molecule has 0 atom stereocenters. The summed E-state index contributed by atoms with van der Waals surface area (Å²) in [5.41, 5.74) is 6.25. The lowest BCUT2D eigenvalue weighted by atomic mass is 9.90. The van der Waals surface area contributed by atoms with E-state index in [1.165, 1.54) is 10.8 Å². The fourth-order valence-electron chi connectivity index (χ4n) is 4.05. The number of nitrogens with zero attached hydrogens (tertiary/aromatic N) is 1. The second kappa shape index (κ2) is 8.44. The topological polar surface area (TPSA) is 36.7 Å². The molecule has 0 radical (unpaired) electrons. The van der Waals surface area contributed by atoms with Crippen LogP contribution >= 0.6 is 0 Å². The van der Waals surface area contributed by atoms with Crippen LogP contribution in [-0.4, -0.2) is 10.7 Å². The monoisotopic (exact) mass is 410 g/mol. The van der Waals surface area contributed by atoms with E-state index in [9.17, 15) is 0 Å². The van der Waals surface area contributed by atoms with Crippen molar-refractivity contribution in [1.29, 1.82) is 5.41 Å². The van der Waals surface area contributed by atoms with Crippen molar-refractivity contribution in [3.63, 3.8) is 0 Å². The van der Waals surface area contributed by atoms with Gasteiger partial charge in [0, 0.05) is 17.2 Å². The molecule has 32 heavy (non-hydrogen) atoms. The summed E-state index contributed by atoms with van der Waals surface area (Å²) in [4.78, 5) is 4.42. The van der Waals surface area contributed by atoms with E-state index in [2.05, 4.69) is 66.2 Å². The van der Waals surface area contributed by atoms with Crippen molar-refractivity contribution in [2.24, 2.45) is 0 Å². The van der Waals surface area contributed by atoms with Gasteiger partial charge < -0.3 is 5.41 Å². The Bertz CT molecular complexity index is 1500. The smallest absolute Gasteiger partial charge is 0.0707 e. The molecule has 0 unspecified atom stereocenters. The highest BCUT2D eigenvalue weighted by atomic mass is 14.6. The summed E-state index contributed by atoms with van der Waals surface area (Å²) >= 11 is 0. The number of pyridine rings is 1. The summed E-state index contributed by atoms with van der Waals surface area (Å²) in [6.45, 7) is 4.27. The summed E-state index contributed by atoms with van der Waals surface area (Å²) in [7, 11) is 0. The average Bonchev–Trinajstić information content (AvgIpc) is 2.86. The van der Waals surface area contributed by atoms with Gasteiger partial charge in [-0.25, -0.2) is 0 Å². The standard InChI is InChI=1S/C30H22N2/c1-21(29(31)18-16-22-15-17-24-10-7-19-32-30(24)20-22)25-11-4-5-13-27(25)28-14-6-9-23-8-2-3-12-26(23)28/h2-20,31H,1H2/b18-16-,31-29?. The van der Waals surface area contributed by atoms with Crippen molar-refractivity contribution in [2.75, 3.05) is 0 Å². The molecule has 0 saturated heterocycles. The predicted octanol–water partition coefficient (Wildman–Crippen LogP) is 7.80. The molecule has 5 aromatic rings. The van der Waals surface area contributed by atoms with Crippen molar-refractivity contribution >= 4 is 39.0 Å². The Hall–Kier alpha value is -4.30. The molecule has 1 N–H and O–H groups in total. The van der Waals surface area contributed by atoms with Crippen LogP contribution in [0, 0.1) is 5.41 Å². The zero-order valence-electron chi connectivity index (χ0n) is 17.6. The minimum Gasteiger partial charge on any atom is -0.300 e. The Balaban J connectivity index is 1.48. The average molecular weight is 411 g/mol. The molecule has 0 fully saturated rings. The molecule has 1 heterocycles. The van der Waals surface area contributed by atoms with E-state index < -0.39 is 0 Å². The maximum atomic E-state index is 8.66. The number of nitrogens with one attached hydrogen (secondary N) is 1. The SMILES string of the molecule is C=C(C(=N)/C=C\c1ccc2cccnc2c1)c1ccccc1-c1cccc2ccccc12. The van der Waals surface area contributed by atoms with Gasteiger partial charge in [-0.2, -0.15) is 0 Å². The summed E-state index contributed by atoms with van der Waals surface area (Å²) in [5.74, 6) is 0. The van der Waals surface area contributed by atoms with Gasteiger partial charge in [-0.05, 0) is 51.2 Å². The summed E-state index contributed by atoms with van der Waals surface area (Å²) in [5, 5.41) is 12.2. The summed E-state index contributed by atoms with van der Waals surface area (Å²) < 4.78 is 0. The Morgan fingerprint density at radius 3 is 2.44 bits per heavy atom. The molecule has 0 saturated carbocycles. The van der Waals surface area contributed by atoms with Crippen LogP contribution in [-0.2, 0) is 0 Å². The van der Waals surface area contributed by atoms with E-state index in [0.717, 1.165) is 33.2 Å². The first-order chi connectivity index (χ1) is 15.7. The van der Waals surface area contributed by atoms with E-state index in [1.807, 2.05) is 54.6 Å². The third-order valence-corrected chi connectivity index (χ3v) is 5.73. The number of rotatable bonds is 5. The number of aromatic nitrogens is 1. The van der Waals surface area contributed by atoms with Crippen LogP contribution in [0.3, 0.4) is 0 Å². The molecular formula is C30H22N2. The molecular weight excluding hydrogens is 388 g/mol. The number of fused-ring (bicyclic) bond motifs is 2. The largest absolute Gasteiger partial charge is 0.300 e.